The van der Waals surface area contributed by atoms with Gasteiger partial charge >= 0.3 is 6.18 Å². The van der Waals surface area contributed by atoms with Crippen LogP contribution in [0.3, 0.4) is 0 Å². The van der Waals surface area contributed by atoms with Gasteiger partial charge in [0.15, 0.2) is 0 Å². The minimum Gasteiger partial charge on any atom is -0.497 e. The summed E-state index contributed by atoms with van der Waals surface area (Å²) in [6.45, 7) is 0. The van der Waals surface area contributed by atoms with E-state index < -0.39 is 17.7 Å². The molecule has 0 spiro atoms. The summed E-state index contributed by atoms with van der Waals surface area (Å²) in [6, 6.07) is 8.27. The average molecular weight is 354 g/mol. The van der Waals surface area contributed by atoms with Crippen molar-refractivity contribution in [3.8, 4) is 17.2 Å². The number of rotatable bonds is 6. The minimum atomic E-state index is -4.55. The Kier molecular flexibility index (Phi) is 5.56. The summed E-state index contributed by atoms with van der Waals surface area (Å²) >= 11 is 0. The van der Waals surface area contributed by atoms with Crippen molar-refractivity contribution in [3.63, 3.8) is 0 Å². The summed E-state index contributed by atoms with van der Waals surface area (Å²) in [7, 11) is 4.07. The van der Waals surface area contributed by atoms with E-state index in [4.69, 9.17) is 14.2 Å². The second-order valence-corrected chi connectivity index (χ2v) is 5.18. The fourth-order valence-electron chi connectivity index (χ4n) is 2.55. The van der Waals surface area contributed by atoms with Crippen LogP contribution in [0.15, 0.2) is 36.4 Å². The molecule has 2 aromatic carbocycles. The van der Waals surface area contributed by atoms with Crippen molar-refractivity contribution in [2.24, 2.45) is 0 Å². The summed E-state index contributed by atoms with van der Waals surface area (Å²) in [4.78, 5) is 11.7. The van der Waals surface area contributed by atoms with Crippen molar-refractivity contribution >= 4 is 6.29 Å². The van der Waals surface area contributed by atoms with Crippen molar-refractivity contribution < 1.29 is 32.2 Å². The Bertz CT molecular complexity index is 756. The molecule has 25 heavy (non-hydrogen) atoms. The largest absolute Gasteiger partial charge is 0.497 e. The van der Waals surface area contributed by atoms with Crippen LogP contribution in [0.1, 0.15) is 22.6 Å². The molecule has 0 aliphatic carbocycles. The second-order valence-electron chi connectivity index (χ2n) is 5.18. The monoisotopic (exact) mass is 354 g/mol. The van der Waals surface area contributed by atoms with Crippen LogP contribution >= 0.6 is 0 Å². The third-order valence-electron chi connectivity index (χ3n) is 3.80. The Morgan fingerprint density at radius 3 is 2.12 bits per heavy atom. The summed E-state index contributed by atoms with van der Waals surface area (Å²) in [5, 5.41) is 0. The maximum absolute atomic E-state index is 13.0. The molecule has 7 heteroatoms. The van der Waals surface area contributed by atoms with Crippen molar-refractivity contribution in [2.45, 2.75) is 12.1 Å². The first-order chi connectivity index (χ1) is 11.8. The summed E-state index contributed by atoms with van der Waals surface area (Å²) < 4.78 is 54.3. The van der Waals surface area contributed by atoms with Crippen LogP contribution < -0.4 is 14.2 Å². The number of benzene rings is 2. The zero-order valence-electron chi connectivity index (χ0n) is 13.9. The van der Waals surface area contributed by atoms with Crippen LogP contribution in [0.2, 0.25) is 0 Å². The lowest BCUT2D eigenvalue weighted by Crippen LogP contribution is -2.10. The Morgan fingerprint density at radius 2 is 1.60 bits per heavy atom. The van der Waals surface area contributed by atoms with E-state index in [0.717, 1.165) is 13.2 Å². The van der Waals surface area contributed by atoms with Crippen LogP contribution in [0.4, 0.5) is 13.2 Å². The van der Waals surface area contributed by atoms with Gasteiger partial charge < -0.3 is 19.0 Å². The molecule has 0 saturated heterocycles. The number of hydrogen-bond acceptors (Lipinski definition) is 4. The molecular weight excluding hydrogens is 337 g/mol. The summed E-state index contributed by atoms with van der Waals surface area (Å²) in [5.74, 6) is -0.252. The van der Waals surface area contributed by atoms with Crippen molar-refractivity contribution in [3.05, 3.63) is 53.1 Å². The Balaban J connectivity index is 2.57. The Morgan fingerprint density at radius 1 is 0.920 bits per heavy atom. The highest BCUT2D eigenvalue weighted by molar-refractivity contribution is 5.71. The topological polar surface area (TPSA) is 44.8 Å². The number of carbonyl (C=O) groups is 1. The van der Waals surface area contributed by atoms with Gasteiger partial charge in [0.1, 0.15) is 23.5 Å². The highest BCUT2D eigenvalue weighted by atomic mass is 19.4. The number of hydrogen-bond donors (Lipinski definition) is 0. The molecule has 0 radical (unpaired) electrons. The van der Waals surface area contributed by atoms with Crippen molar-refractivity contribution in [1.29, 1.82) is 0 Å². The number of alkyl halides is 3. The molecule has 0 amide bonds. The number of aldehydes is 1. The Hall–Kier alpha value is -2.70. The molecular formula is C18H17F3O4. The SMILES string of the molecule is COc1ccc(OC)c(C(C=O)c2ccc(C(F)(F)F)c(OC)c2)c1. The Labute approximate surface area is 143 Å². The number of methoxy groups -OCH3 is 3. The van der Waals surface area contributed by atoms with E-state index in [9.17, 15) is 18.0 Å². The van der Waals surface area contributed by atoms with Gasteiger partial charge in [0, 0.05) is 5.56 Å². The molecule has 0 saturated carbocycles. The molecule has 0 bridgehead atoms. The molecule has 1 unspecified atom stereocenters. The number of halogens is 3. The molecule has 134 valence electrons. The second kappa shape index (κ2) is 7.46. The van der Waals surface area contributed by atoms with Crippen molar-refractivity contribution in [2.75, 3.05) is 21.3 Å². The molecule has 0 aliphatic rings. The summed E-state index contributed by atoms with van der Waals surface area (Å²) in [6.07, 6.45) is -3.91. The maximum atomic E-state index is 13.0. The van der Waals surface area contributed by atoms with Gasteiger partial charge in [-0.05, 0) is 35.9 Å². The number of ether oxygens (including phenoxy) is 3. The van der Waals surface area contributed by atoms with Gasteiger partial charge in [0.25, 0.3) is 0 Å². The fraction of sp³-hybridized carbons (Fsp3) is 0.278. The zero-order valence-corrected chi connectivity index (χ0v) is 13.9. The normalized spacial score (nSPS) is 12.4. The van der Waals surface area contributed by atoms with E-state index in [1.54, 1.807) is 18.2 Å². The van der Waals surface area contributed by atoms with Gasteiger partial charge in [-0.3, -0.25) is 0 Å². The van der Waals surface area contributed by atoms with E-state index in [-0.39, 0.29) is 5.75 Å². The first-order valence-electron chi connectivity index (χ1n) is 7.28. The predicted octanol–water partition coefficient (Wildman–Crippen LogP) is 4.06. The molecule has 2 rings (SSSR count). The van der Waals surface area contributed by atoms with Crippen LogP contribution in [-0.4, -0.2) is 27.6 Å². The first-order valence-corrected chi connectivity index (χ1v) is 7.28. The third-order valence-corrected chi connectivity index (χ3v) is 3.80. The van der Waals surface area contributed by atoms with E-state index in [1.807, 2.05) is 0 Å². The molecule has 0 aromatic heterocycles. The smallest absolute Gasteiger partial charge is 0.419 e. The lowest BCUT2D eigenvalue weighted by Gasteiger charge is -2.18. The van der Waals surface area contributed by atoms with E-state index in [2.05, 4.69) is 0 Å². The van der Waals surface area contributed by atoms with E-state index in [0.29, 0.717) is 28.9 Å². The molecule has 2 aromatic rings. The molecule has 0 heterocycles. The van der Waals surface area contributed by atoms with Gasteiger partial charge in [-0.15, -0.1) is 0 Å². The lowest BCUT2D eigenvalue weighted by molar-refractivity contribution is -0.138. The third kappa shape index (κ3) is 3.87. The van der Waals surface area contributed by atoms with Gasteiger partial charge in [0.2, 0.25) is 0 Å². The molecule has 0 aliphatic heterocycles. The van der Waals surface area contributed by atoms with Crippen LogP contribution in [-0.2, 0) is 11.0 Å². The predicted molar refractivity (Wildman–Crippen MR) is 85.4 cm³/mol. The van der Waals surface area contributed by atoms with E-state index in [1.165, 1.54) is 26.4 Å². The van der Waals surface area contributed by atoms with Crippen molar-refractivity contribution in [1.82, 2.24) is 0 Å². The highest BCUT2D eigenvalue weighted by Crippen LogP contribution is 2.40. The fourth-order valence-corrected chi connectivity index (χ4v) is 2.55. The van der Waals surface area contributed by atoms with Gasteiger partial charge in [-0.25, -0.2) is 0 Å². The minimum absolute atomic E-state index is 0.348. The van der Waals surface area contributed by atoms with Gasteiger partial charge in [-0.1, -0.05) is 6.07 Å². The maximum Gasteiger partial charge on any atom is 0.419 e. The highest BCUT2D eigenvalue weighted by Gasteiger charge is 2.34. The first kappa shape index (κ1) is 18.6. The molecule has 1 atom stereocenters. The number of carbonyl (C=O) groups excluding carboxylic acids is 1. The lowest BCUT2D eigenvalue weighted by atomic mass is 9.90. The molecule has 4 nitrogen and oxygen atoms in total. The average Bonchev–Trinajstić information content (AvgIpc) is 2.61. The van der Waals surface area contributed by atoms with E-state index >= 15 is 0 Å². The molecule has 0 fully saturated rings. The van der Waals surface area contributed by atoms with Gasteiger partial charge in [-0.2, -0.15) is 13.2 Å². The molecule has 0 N–H and O–H groups in total. The summed E-state index contributed by atoms with van der Waals surface area (Å²) in [5.41, 5.74) is -0.0638. The van der Waals surface area contributed by atoms with Crippen LogP contribution in [0, 0.1) is 0 Å². The van der Waals surface area contributed by atoms with Crippen LogP contribution in [0.5, 0.6) is 17.2 Å². The standard InChI is InChI=1S/C18H17F3O4/c1-23-12-5-7-16(24-2)13(9-12)14(10-22)11-4-6-15(18(19,20)21)17(8-11)25-3/h4-10,14H,1-3H3. The van der Waals surface area contributed by atoms with Gasteiger partial charge in [0.05, 0.1) is 32.8 Å². The zero-order chi connectivity index (χ0) is 18.6. The quantitative estimate of drug-likeness (QED) is 0.734. The van der Waals surface area contributed by atoms with Crippen LogP contribution in [0.25, 0.3) is 0 Å².